The lowest BCUT2D eigenvalue weighted by Crippen LogP contribution is -2.74. The summed E-state index contributed by atoms with van der Waals surface area (Å²) in [5, 5.41) is 11.6. The van der Waals surface area contributed by atoms with Gasteiger partial charge in [-0.3, -0.25) is 4.57 Å². The lowest BCUT2D eigenvalue weighted by atomic mass is 9.88. The van der Waals surface area contributed by atoms with E-state index in [9.17, 15) is 0 Å². The standard InChI is InChI=1S/C48H44N4OSi/c1-34(2)51-44-25-14-15-26-45(44)52(53-51)36-17-16-22-39(32-36)54(37-18-8-6-9-19-37,38-20-10-7-11-21-38)40-27-28-42-41-23-12-13-24-43(41)50(46(42)33-40)47-31-35(29-30-49-47)48(3,4)5/h6-34H,1-5H3. The summed E-state index contributed by atoms with van der Waals surface area (Å²) in [6.07, 6.45) is 1.96. The molecule has 8 aromatic rings. The zero-order valence-electron chi connectivity index (χ0n) is 31.4. The average molecular weight is 721 g/mol. The van der Waals surface area contributed by atoms with Crippen LogP contribution in [-0.4, -0.2) is 23.7 Å². The summed E-state index contributed by atoms with van der Waals surface area (Å²) >= 11 is 0. The number of para-hydroxylation sites is 3. The number of benzene rings is 6. The van der Waals surface area contributed by atoms with Gasteiger partial charge in [0.1, 0.15) is 5.82 Å². The summed E-state index contributed by atoms with van der Waals surface area (Å²) in [4.78, 5) is 11.6. The Morgan fingerprint density at radius 3 is 1.87 bits per heavy atom. The molecule has 0 saturated heterocycles. The van der Waals surface area contributed by atoms with Gasteiger partial charge in [0.15, 0.2) is 8.07 Å². The highest BCUT2D eigenvalue weighted by molar-refractivity contribution is 7.20. The highest BCUT2D eigenvalue weighted by Crippen LogP contribution is 2.42. The van der Waals surface area contributed by atoms with Crippen LogP contribution < -0.4 is 30.9 Å². The molecule has 5 nitrogen and oxygen atoms in total. The minimum Gasteiger partial charge on any atom is -0.294 e. The minimum absolute atomic E-state index is 0.0128. The normalized spacial score (nSPS) is 13.3. The molecule has 3 heterocycles. The molecule has 0 bridgehead atoms. The number of hydrogen-bond donors (Lipinski definition) is 0. The van der Waals surface area contributed by atoms with Crippen LogP contribution in [0.1, 0.15) is 40.2 Å². The van der Waals surface area contributed by atoms with Gasteiger partial charge < -0.3 is 0 Å². The van der Waals surface area contributed by atoms with Gasteiger partial charge in [-0.05, 0) is 94.1 Å². The molecule has 0 unspecified atom stereocenters. The fraction of sp³-hybridized carbons (Fsp3) is 0.146. The van der Waals surface area contributed by atoms with Crippen LogP contribution in [0.4, 0.5) is 17.1 Å². The monoisotopic (exact) mass is 720 g/mol. The Morgan fingerprint density at radius 2 is 1.17 bits per heavy atom. The molecule has 1 aliphatic heterocycles. The molecule has 6 heteroatoms. The zero-order chi connectivity index (χ0) is 37.0. The first-order chi connectivity index (χ1) is 26.2. The summed E-state index contributed by atoms with van der Waals surface area (Å²) in [6, 6.07) is 60.2. The van der Waals surface area contributed by atoms with Crippen molar-refractivity contribution in [2.24, 2.45) is 0 Å². The molecule has 6 aromatic carbocycles. The van der Waals surface area contributed by atoms with Crippen molar-refractivity contribution in [2.45, 2.75) is 46.1 Å². The van der Waals surface area contributed by atoms with Crippen LogP contribution in [0.5, 0.6) is 0 Å². The van der Waals surface area contributed by atoms with Gasteiger partial charge in [-0.2, -0.15) is 5.06 Å². The maximum Gasteiger partial charge on any atom is 0.179 e. The van der Waals surface area contributed by atoms with Crippen molar-refractivity contribution in [3.05, 3.63) is 176 Å². The number of hydrogen-bond acceptors (Lipinski definition) is 4. The lowest BCUT2D eigenvalue weighted by Gasteiger charge is -2.35. The van der Waals surface area contributed by atoms with E-state index in [4.69, 9.17) is 9.92 Å². The second-order valence-electron chi connectivity index (χ2n) is 15.6. The van der Waals surface area contributed by atoms with Crippen molar-refractivity contribution >= 4 is 67.7 Å². The molecule has 0 fully saturated rings. The number of nitrogens with zero attached hydrogens (tertiary/aromatic N) is 4. The van der Waals surface area contributed by atoms with Crippen molar-refractivity contribution < 1.29 is 4.94 Å². The summed E-state index contributed by atoms with van der Waals surface area (Å²) in [7, 11) is -2.97. The predicted molar refractivity (Wildman–Crippen MR) is 228 cm³/mol. The fourth-order valence-corrected chi connectivity index (χ4v) is 13.0. The first kappa shape index (κ1) is 33.9. The van der Waals surface area contributed by atoms with E-state index in [1.165, 1.54) is 37.1 Å². The number of pyridine rings is 1. The van der Waals surface area contributed by atoms with E-state index in [1.807, 2.05) is 16.3 Å². The third-order valence-corrected chi connectivity index (χ3v) is 15.6. The average Bonchev–Trinajstić information content (AvgIpc) is 3.76. The Bertz CT molecular complexity index is 2590. The van der Waals surface area contributed by atoms with Crippen molar-refractivity contribution in [1.82, 2.24) is 9.55 Å². The van der Waals surface area contributed by atoms with Crippen LogP contribution in [-0.2, 0) is 10.4 Å². The molecular weight excluding hydrogens is 677 g/mol. The molecule has 0 amide bonds. The first-order valence-corrected chi connectivity index (χ1v) is 20.8. The maximum absolute atomic E-state index is 6.63. The van der Waals surface area contributed by atoms with E-state index in [1.54, 1.807) is 0 Å². The van der Waals surface area contributed by atoms with Crippen LogP contribution in [0.15, 0.2) is 170 Å². The Morgan fingerprint density at radius 1 is 0.556 bits per heavy atom. The van der Waals surface area contributed by atoms with Gasteiger partial charge in [0, 0.05) is 17.0 Å². The highest BCUT2D eigenvalue weighted by atomic mass is 28.3. The van der Waals surface area contributed by atoms with Gasteiger partial charge in [-0.25, -0.2) is 10.0 Å². The number of rotatable bonds is 7. The molecule has 2 aromatic heterocycles. The molecule has 9 rings (SSSR count). The van der Waals surface area contributed by atoms with E-state index < -0.39 is 8.07 Å². The zero-order valence-corrected chi connectivity index (χ0v) is 32.4. The van der Waals surface area contributed by atoms with Gasteiger partial charge in [-0.1, -0.05) is 136 Å². The number of anilines is 3. The summed E-state index contributed by atoms with van der Waals surface area (Å²) in [5.74, 6) is 0.930. The summed E-state index contributed by atoms with van der Waals surface area (Å²) in [5.41, 5.74) is 6.63. The molecule has 0 spiro atoms. The fourth-order valence-electron chi connectivity index (χ4n) is 8.26. The molecule has 0 aliphatic carbocycles. The van der Waals surface area contributed by atoms with E-state index >= 15 is 0 Å². The van der Waals surface area contributed by atoms with Crippen LogP contribution in [0, 0.1) is 0 Å². The Labute approximate surface area is 318 Å². The molecule has 0 radical (unpaired) electrons. The van der Waals surface area contributed by atoms with E-state index in [0.29, 0.717) is 0 Å². The summed E-state index contributed by atoms with van der Waals surface area (Å²) in [6.45, 7) is 11.1. The van der Waals surface area contributed by atoms with Crippen LogP contribution >= 0.6 is 0 Å². The molecule has 266 valence electrons. The first-order valence-electron chi connectivity index (χ1n) is 18.8. The molecule has 0 N–H and O–H groups in total. The highest BCUT2D eigenvalue weighted by Gasteiger charge is 2.42. The largest absolute Gasteiger partial charge is 0.294 e. The quantitative estimate of drug-likeness (QED) is 0.122. The molecule has 0 saturated carbocycles. The number of fused-ring (bicyclic) bond motifs is 4. The predicted octanol–water partition coefficient (Wildman–Crippen LogP) is 9.07. The number of aromatic nitrogens is 2. The van der Waals surface area contributed by atoms with Crippen LogP contribution in [0.25, 0.3) is 27.6 Å². The third-order valence-electron chi connectivity index (χ3n) is 10.9. The molecule has 54 heavy (non-hydrogen) atoms. The van der Waals surface area contributed by atoms with Crippen molar-refractivity contribution in [3.8, 4) is 5.82 Å². The minimum atomic E-state index is -2.97. The van der Waals surface area contributed by atoms with Gasteiger partial charge in [0.25, 0.3) is 0 Å². The van der Waals surface area contributed by atoms with E-state index in [-0.39, 0.29) is 11.5 Å². The molecular formula is C48H44N4OSi. The molecule has 1 aliphatic rings. The summed E-state index contributed by atoms with van der Waals surface area (Å²) < 4.78 is 2.37. The third kappa shape index (κ3) is 5.44. The van der Waals surface area contributed by atoms with E-state index in [0.717, 1.165) is 33.9 Å². The van der Waals surface area contributed by atoms with Gasteiger partial charge in [-0.15, -0.1) is 4.94 Å². The second-order valence-corrected chi connectivity index (χ2v) is 19.4. The SMILES string of the molecule is CC(C)N1ON(c2cccc([Si](c3ccccc3)(c3ccccc3)c3ccc4c5ccccc5n(-c5cc(C(C)(C)C)ccn5)c4c3)c2)c2ccccc21. The van der Waals surface area contributed by atoms with Crippen molar-refractivity contribution in [1.29, 1.82) is 0 Å². The Hall–Kier alpha value is -5.95. The van der Waals surface area contributed by atoms with Gasteiger partial charge in [0.05, 0.1) is 34.1 Å². The molecule has 0 atom stereocenters. The van der Waals surface area contributed by atoms with E-state index in [2.05, 4.69) is 203 Å². The van der Waals surface area contributed by atoms with Crippen molar-refractivity contribution in [3.63, 3.8) is 0 Å². The topological polar surface area (TPSA) is 33.5 Å². The maximum atomic E-state index is 6.63. The van der Waals surface area contributed by atoms with Crippen molar-refractivity contribution in [2.75, 3.05) is 10.1 Å². The lowest BCUT2D eigenvalue weighted by molar-refractivity contribution is 0.113. The second kappa shape index (κ2) is 13.2. The smallest absolute Gasteiger partial charge is 0.179 e. The van der Waals surface area contributed by atoms with Crippen LogP contribution in [0.3, 0.4) is 0 Å². The Kier molecular flexibility index (Phi) is 8.25. The number of hydroxylamine groups is 1. The Balaban J connectivity index is 1.33. The van der Waals surface area contributed by atoms with Crippen LogP contribution in [0.2, 0.25) is 0 Å². The van der Waals surface area contributed by atoms with Gasteiger partial charge >= 0.3 is 0 Å². The van der Waals surface area contributed by atoms with Gasteiger partial charge in [0.2, 0.25) is 0 Å².